The fraction of sp³-hybridized carbons (Fsp3) is 0.571. The van der Waals surface area contributed by atoms with Crippen LogP contribution < -0.4 is 4.74 Å². The van der Waals surface area contributed by atoms with E-state index in [4.69, 9.17) is 9.47 Å². The first kappa shape index (κ1) is 18.8. The monoisotopic (exact) mass is 359 g/mol. The van der Waals surface area contributed by atoms with Crippen molar-refractivity contribution in [3.05, 3.63) is 29.8 Å². The Kier molecular flexibility index (Phi) is 5.56. The fourth-order valence-corrected chi connectivity index (χ4v) is 4.65. The molecule has 1 heterocycles. The van der Waals surface area contributed by atoms with Gasteiger partial charge in [-0.2, -0.15) is 0 Å². The molecule has 1 N–H and O–H groups in total. The van der Waals surface area contributed by atoms with Crippen LogP contribution in [0.1, 0.15) is 25.8 Å². The zero-order valence-electron chi connectivity index (χ0n) is 16.0. The number of carbonyl (C=O) groups excluding carboxylic acids is 1. The molecule has 1 aromatic rings. The highest BCUT2D eigenvalue weighted by Gasteiger charge is 2.47. The normalized spacial score (nSPS) is 31.8. The van der Waals surface area contributed by atoms with Crippen molar-refractivity contribution >= 4 is 12.0 Å². The van der Waals surface area contributed by atoms with E-state index < -0.39 is 0 Å². The van der Waals surface area contributed by atoms with E-state index >= 15 is 0 Å². The number of piperidine rings is 1. The lowest BCUT2D eigenvalue weighted by molar-refractivity contribution is -0.144. The largest absolute Gasteiger partial charge is 0.504 e. The topological polar surface area (TPSA) is 59.0 Å². The lowest BCUT2D eigenvalue weighted by Crippen LogP contribution is -2.42. The van der Waals surface area contributed by atoms with E-state index in [0.29, 0.717) is 29.4 Å². The smallest absolute Gasteiger partial charge is 0.331 e. The third kappa shape index (κ3) is 3.88. The van der Waals surface area contributed by atoms with E-state index in [2.05, 4.69) is 25.8 Å². The Morgan fingerprint density at radius 1 is 1.27 bits per heavy atom. The molecule has 1 aromatic carbocycles. The van der Waals surface area contributed by atoms with Gasteiger partial charge in [-0.3, -0.25) is 0 Å². The maximum atomic E-state index is 12.3. The van der Waals surface area contributed by atoms with Gasteiger partial charge in [0.15, 0.2) is 11.5 Å². The molecule has 2 aliphatic rings. The van der Waals surface area contributed by atoms with Crippen LogP contribution in [0.5, 0.6) is 11.5 Å². The van der Waals surface area contributed by atoms with Gasteiger partial charge in [-0.25, -0.2) is 4.79 Å². The minimum absolute atomic E-state index is 0.00884. The Hall–Kier alpha value is -2.01. The van der Waals surface area contributed by atoms with Crippen molar-refractivity contribution in [1.82, 2.24) is 4.90 Å². The van der Waals surface area contributed by atoms with Crippen molar-refractivity contribution in [2.75, 3.05) is 27.2 Å². The number of esters is 1. The van der Waals surface area contributed by atoms with Crippen molar-refractivity contribution in [3.8, 4) is 11.5 Å². The van der Waals surface area contributed by atoms with Crippen molar-refractivity contribution < 1.29 is 19.4 Å². The molecule has 1 saturated carbocycles. The van der Waals surface area contributed by atoms with Crippen molar-refractivity contribution in [2.45, 2.75) is 26.4 Å². The summed E-state index contributed by atoms with van der Waals surface area (Å²) in [6, 6.07) is 4.96. The second-order valence-corrected chi connectivity index (χ2v) is 7.86. The van der Waals surface area contributed by atoms with Crippen LogP contribution in [0.25, 0.3) is 6.08 Å². The number of rotatable bonds is 4. The molecule has 1 aliphatic heterocycles. The molecule has 0 unspecified atom stereocenters. The number of hydrogen-bond donors (Lipinski definition) is 1. The van der Waals surface area contributed by atoms with Crippen molar-refractivity contribution in [3.63, 3.8) is 0 Å². The number of ether oxygens (including phenoxy) is 2. The van der Waals surface area contributed by atoms with Crippen LogP contribution in [0.3, 0.4) is 0 Å². The molecule has 0 bridgehead atoms. The van der Waals surface area contributed by atoms with Gasteiger partial charge in [0.25, 0.3) is 0 Å². The maximum absolute atomic E-state index is 12.3. The summed E-state index contributed by atoms with van der Waals surface area (Å²) in [5, 5.41) is 9.63. The highest BCUT2D eigenvalue weighted by Crippen LogP contribution is 2.45. The predicted molar refractivity (Wildman–Crippen MR) is 101 cm³/mol. The van der Waals surface area contributed by atoms with Crippen molar-refractivity contribution in [2.24, 2.45) is 23.7 Å². The number of aromatic hydroxyl groups is 1. The van der Waals surface area contributed by atoms with Gasteiger partial charge < -0.3 is 19.5 Å². The average Bonchev–Trinajstić information content (AvgIpc) is 2.91. The summed E-state index contributed by atoms with van der Waals surface area (Å²) < 4.78 is 10.9. The lowest BCUT2D eigenvalue weighted by Gasteiger charge is -2.38. The highest BCUT2D eigenvalue weighted by atomic mass is 16.5. The van der Waals surface area contributed by atoms with Crippen LogP contribution in [0, 0.1) is 23.7 Å². The summed E-state index contributed by atoms with van der Waals surface area (Å²) in [6.07, 6.45) is 4.10. The second kappa shape index (κ2) is 7.70. The zero-order valence-corrected chi connectivity index (χ0v) is 16.0. The zero-order chi connectivity index (χ0) is 18.8. The van der Waals surface area contributed by atoms with Crippen LogP contribution in [0.15, 0.2) is 24.3 Å². The van der Waals surface area contributed by atoms with Gasteiger partial charge in [-0.05, 0) is 60.9 Å². The van der Waals surface area contributed by atoms with Crippen molar-refractivity contribution in [1.29, 1.82) is 0 Å². The maximum Gasteiger partial charge on any atom is 0.331 e. The number of benzene rings is 1. The van der Waals surface area contributed by atoms with E-state index in [1.807, 2.05) is 0 Å². The molecule has 0 radical (unpaired) electrons. The summed E-state index contributed by atoms with van der Waals surface area (Å²) in [5.41, 5.74) is 0.778. The number of phenolic OH excluding ortho intramolecular Hbond substituents is 1. The molecule has 0 aromatic heterocycles. The van der Waals surface area contributed by atoms with E-state index in [1.165, 1.54) is 13.2 Å². The highest BCUT2D eigenvalue weighted by molar-refractivity contribution is 5.87. The molecule has 1 aliphatic carbocycles. The van der Waals surface area contributed by atoms with Gasteiger partial charge in [-0.1, -0.05) is 19.9 Å². The molecule has 5 nitrogen and oxygen atoms in total. The number of hydrogen-bond acceptors (Lipinski definition) is 5. The minimum atomic E-state index is -0.312. The number of phenols is 1. The van der Waals surface area contributed by atoms with Gasteiger partial charge in [0.1, 0.15) is 6.10 Å². The van der Waals surface area contributed by atoms with Gasteiger partial charge in [0.05, 0.1) is 7.11 Å². The molecule has 0 amide bonds. The standard InChI is InChI=1S/C21H29NO4/c1-13-11-22(3)12-17-14(2)19(10-16(13)17)26-21(24)8-6-15-5-7-18(23)20(9-15)25-4/h5-9,13-14,16-17,19,23H,10-12H2,1-4H3/b8-6+/t13-,14-,16-,17-,19+/m0/s1. The van der Waals surface area contributed by atoms with E-state index in [0.717, 1.165) is 25.1 Å². The Morgan fingerprint density at radius 2 is 2.04 bits per heavy atom. The van der Waals surface area contributed by atoms with E-state index in [1.54, 1.807) is 24.3 Å². The number of methoxy groups -OCH3 is 1. The van der Waals surface area contributed by atoms with Gasteiger partial charge in [0, 0.05) is 19.2 Å². The first-order valence-corrected chi connectivity index (χ1v) is 9.33. The van der Waals surface area contributed by atoms with Crippen LogP contribution in [-0.2, 0) is 9.53 Å². The van der Waals surface area contributed by atoms with E-state index in [-0.39, 0.29) is 17.8 Å². The molecule has 26 heavy (non-hydrogen) atoms. The molecular formula is C21H29NO4. The quantitative estimate of drug-likeness (QED) is 0.661. The van der Waals surface area contributed by atoms with Gasteiger partial charge in [-0.15, -0.1) is 0 Å². The molecule has 0 spiro atoms. The molecule has 3 rings (SSSR count). The predicted octanol–water partition coefficient (Wildman–Crippen LogP) is 3.18. The molecule has 2 fully saturated rings. The average molecular weight is 359 g/mol. The number of nitrogens with zero attached hydrogens (tertiary/aromatic N) is 1. The molecule has 142 valence electrons. The number of likely N-dealkylation sites (tertiary alicyclic amines) is 1. The Balaban J connectivity index is 1.61. The minimum Gasteiger partial charge on any atom is -0.504 e. The summed E-state index contributed by atoms with van der Waals surface area (Å²) in [7, 11) is 3.67. The SMILES string of the molecule is COc1cc(/C=C/C(=O)O[C@@H]2C[C@@H]3[C@@H](CN(C)C[C@@H]3C)[C@@H]2C)ccc1O. The Morgan fingerprint density at radius 3 is 2.77 bits per heavy atom. The summed E-state index contributed by atoms with van der Waals surface area (Å²) in [5.74, 6) is 2.42. The van der Waals surface area contributed by atoms with Crippen LogP contribution in [0.4, 0.5) is 0 Å². The lowest BCUT2D eigenvalue weighted by atomic mass is 9.79. The number of carbonyl (C=O) groups is 1. The summed E-state index contributed by atoms with van der Waals surface area (Å²) >= 11 is 0. The van der Waals surface area contributed by atoms with Crippen LogP contribution >= 0.6 is 0 Å². The van der Waals surface area contributed by atoms with Crippen LogP contribution in [0.2, 0.25) is 0 Å². The van der Waals surface area contributed by atoms with Gasteiger partial charge in [0.2, 0.25) is 0 Å². The molecule has 5 heteroatoms. The summed E-state index contributed by atoms with van der Waals surface area (Å²) in [4.78, 5) is 14.7. The number of fused-ring (bicyclic) bond motifs is 1. The third-order valence-electron chi connectivity index (χ3n) is 6.05. The second-order valence-electron chi connectivity index (χ2n) is 7.86. The summed E-state index contributed by atoms with van der Waals surface area (Å²) in [6.45, 7) is 6.73. The Labute approximate surface area is 155 Å². The van der Waals surface area contributed by atoms with E-state index in [9.17, 15) is 9.90 Å². The van der Waals surface area contributed by atoms with Crippen LogP contribution in [-0.4, -0.2) is 49.3 Å². The fourth-order valence-electron chi connectivity index (χ4n) is 4.65. The molecular weight excluding hydrogens is 330 g/mol. The third-order valence-corrected chi connectivity index (χ3v) is 6.05. The molecule has 5 atom stereocenters. The Bertz CT molecular complexity index is 687. The first-order chi connectivity index (χ1) is 12.4. The first-order valence-electron chi connectivity index (χ1n) is 9.33. The van der Waals surface area contributed by atoms with Gasteiger partial charge >= 0.3 is 5.97 Å². The molecule has 1 saturated heterocycles.